The van der Waals surface area contributed by atoms with Crippen molar-refractivity contribution in [2.24, 2.45) is 0 Å². The van der Waals surface area contributed by atoms with Crippen LogP contribution in [0.25, 0.3) is 10.4 Å². The van der Waals surface area contributed by atoms with Crippen LogP contribution in [-0.2, 0) is 4.74 Å². The molecule has 0 fully saturated rings. The lowest BCUT2D eigenvalue weighted by Crippen LogP contribution is -2.03. The van der Waals surface area contributed by atoms with Crippen LogP contribution in [0.1, 0.15) is 40.6 Å². The van der Waals surface area contributed by atoms with Gasteiger partial charge in [-0.3, -0.25) is 0 Å². The van der Waals surface area contributed by atoms with Crippen molar-refractivity contribution in [3.05, 3.63) is 37.8 Å². The number of thiophene rings is 1. The van der Waals surface area contributed by atoms with E-state index in [9.17, 15) is 4.79 Å². The van der Waals surface area contributed by atoms with Gasteiger partial charge in [-0.15, -0.1) is 11.3 Å². The minimum Gasteiger partial charge on any atom is -0.465 e. The van der Waals surface area contributed by atoms with Gasteiger partial charge in [0, 0.05) is 14.0 Å². The Hall–Kier alpha value is -1.08. The van der Waals surface area contributed by atoms with Crippen LogP contribution in [0, 0.1) is 10.5 Å². The number of hydrogen-bond acceptors (Lipinski definition) is 4. The molecule has 0 unspecified atom stereocenters. The van der Waals surface area contributed by atoms with E-state index in [1.165, 1.54) is 27.6 Å². The molecule has 21 heavy (non-hydrogen) atoms. The molecule has 112 valence electrons. The fraction of sp³-hybridized carbons (Fsp3) is 0.312. The molecule has 3 nitrogen and oxygen atoms in total. The zero-order valence-electron chi connectivity index (χ0n) is 12.5. The number of ether oxygens (including phenoxy) is 1. The summed E-state index contributed by atoms with van der Waals surface area (Å²) in [6, 6.07) is 6.19. The first-order valence-electron chi connectivity index (χ1n) is 6.64. The van der Waals surface area contributed by atoms with Crippen LogP contribution in [0.5, 0.6) is 0 Å². The maximum Gasteiger partial charge on any atom is 0.350 e. The molecule has 1 heterocycles. The number of carbonyl (C=O) groups is 1. The molecule has 0 saturated carbocycles. The second-order valence-corrected chi connectivity index (χ2v) is 7.27. The van der Waals surface area contributed by atoms with Crippen molar-refractivity contribution in [1.29, 1.82) is 0 Å². The number of nitrogen functional groups attached to an aromatic ring is 1. The van der Waals surface area contributed by atoms with Crippen molar-refractivity contribution in [2.45, 2.75) is 26.7 Å². The number of nitrogens with two attached hydrogens (primary N) is 1. The Labute approximate surface area is 142 Å². The number of methoxy groups -OCH3 is 1. The third-order valence-electron chi connectivity index (χ3n) is 3.37. The van der Waals surface area contributed by atoms with E-state index < -0.39 is 0 Å². The molecule has 5 heteroatoms. The van der Waals surface area contributed by atoms with E-state index in [1.54, 1.807) is 0 Å². The predicted octanol–water partition coefficient (Wildman–Crippen LogP) is 4.82. The molecule has 2 N–H and O–H groups in total. The van der Waals surface area contributed by atoms with E-state index in [0.717, 1.165) is 16.0 Å². The second-order valence-electron chi connectivity index (χ2n) is 5.17. The van der Waals surface area contributed by atoms with Crippen molar-refractivity contribution in [3.63, 3.8) is 0 Å². The fourth-order valence-electron chi connectivity index (χ4n) is 2.30. The summed E-state index contributed by atoms with van der Waals surface area (Å²) in [6.07, 6.45) is 0. The average molecular weight is 415 g/mol. The Bertz CT molecular complexity index is 692. The molecule has 0 aliphatic carbocycles. The van der Waals surface area contributed by atoms with Gasteiger partial charge >= 0.3 is 5.97 Å². The van der Waals surface area contributed by atoms with Crippen molar-refractivity contribution in [1.82, 2.24) is 0 Å². The van der Waals surface area contributed by atoms with Gasteiger partial charge in [-0.1, -0.05) is 32.0 Å². The molecule has 0 saturated heterocycles. The highest BCUT2D eigenvalue weighted by atomic mass is 127. The Morgan fingerprint density at radius 2 is 2.05 bits per heavy atom. The zero-order chi connectivity index (χ0) is 15.7. The Kier molecular flexibility index (Phi) is 4.93. The van der Waals surface area contributed by atoms with Crippen LogP contribution < -0.4 is 5.73 Å². The number of benzene rings is 1. The number of anilines is 1. The van der Waals surface area contributed by atoms with Gasteiger partial charge in [-0.2, -0.15) is 0 Å². The van der Waals surface area contributed by atoms with E-state index in [4.69, 9.17) is 10.5 Å². The van der Waals surface area contributed by atoms with Gasteiger partial charge < -0.3 is 10.5 Å². The summed E-state index contributed by atoms with van der Waals surface area (Å²) in [5.41, 5.74) is 10.1. The number of esters is 1. The number of hydrogen-bond donors (Lipinski definition) is 1. The van der Waals surface area contributed by atoms with Crippen LogP contribution >= 0.6 is 33.9 Å². The third-order valence-corrected chi connectivity index (χ3v) is 6.03. The highest BCUT2D eigenvalue weighted by Gasteiger charge is 2.25. The molecule has 0 radical (unpaired) electrons. The zero-order valence-corrected chi connectivity index (χ0v) is 15.5. The largest absolute Gasteiger partial charge is 0.465 e. The first-order valence-corrected chi connectivity index (χ1v) is 8.54. The smallest absolute Gasteiger partial charge is 0.350 e. The van der Waals surface area contributed by atoms with Gasteiger partial charge in [0.05, 0.1) is 12.8 Å². The topological polar surface area (TPSA) is 52.3 Å². The first-order chi connectivity index (χ1) is 9.88. The van der Waals surface area contributed by atoms with Crippen molar-refractivity contribution < 1.29 is 9.53 Å². The van der Waals surface area contributed by atoms with Gasteiger partial charge in [0.1, 0.15) is 4.88 Å². The SMILES string of the molecule is COC(=O)c1sc(-c2cccc(C)c2I)c(C(C)C)c1N. The summed E-state index contributed by atoms with van der Waals surface area (Å²) in [5, 5.41) is 0. The van der Waals surface area contributed by atoms with E-state index in [2.05, 4.69) is 55.5 Å². The van der Waals surface area contributed by atoms with Gasteiger partial charge in [-0.05, 0) is 46.6 Å². The highest BCUT2D eigenvalue weighted by molar-refractivity contribution is 14.1. The molecule has 1 aromatic heterocycles. The first kappa shape index (κ1) is 16.3. The summed E-state index contributed by atoms with van der Waals surface area (Å²) in [4.78, 5) is 13.5. The van der Waals surface area contributed by atoms with Gasteiger partial charge in [0.25, 0.3) is 0 Å². The van der Waals surface area contributed by atoms with Crippen LogP contribution in [0.4, 0.5) is 5.69 Å². The summed E-state index contributed by atoms with van der Waals surface area (Å²) >= 11 is 3.76. The Morgan fingerprint density at radius 1 is 1.38 bits per heavy atom. The molecule has 2 aromatic rings. The standard InChI is InChI=1S/C16H18INO2S/c1-8(2)11-13(18)15(16(19)20-4)21-14(11)10-7-5-6-9(3)12(10)17/h5-8H,18H2,1-4H3. The summed E-state index contributed by atoms with van der Waals surface area (Å²) < 4.78 is 6.03. The normalized spacial score (nSPS) is 11.0. The van der Waals surface area contributed by atoms with E-state index in [0.29, 0.717) is 10.6 Å². The lowest BCUT2D eigenvalue weighted by atomic mass is 9.97. The lowest BCUT2D eigenvalue weighted by molar-refractivity contribution is 0.0607. The van der Waals surface area contributed by atoms with Crippen molar-refractivity contribution in [3.8, 4) is 10.4 Å². The van der Waals surface area contributed by atoms with Crippen LogP contribution in [0.3, 0.4) is 0 Å². The van der Waals surface area contributed by atoms with E-state index in [1.807, 2.05) is 6.07 Å². The number of carbonyl (C=O) groups excluding carboxylic acids is 1. The maximum atomic E-state index is 11.9. The maximum absolute atomic E-state index is 11.9. The molecule has 0 amide bonds. The van der Waals surface area contributed by atoms with E-state index >= 15 is 0 Å². The lowest BCUT2D eigenvalue weighted by Gasteiger charge is -2.11. The quantitative estimate of drug-likeness (QED) is 0.578. The van der Waals surface area contributed by atoms with Gasteiger partial charge in [0.2, 0.25) is 0 Å². The minimum absolute atomic E-state index is 0.242. The number of aryl methyl sites for hydroxylation is 1. The molecule has 1 aromatic carbocycles. The Balaban J connectivity index is 2.74. The van der Waals surface area contributed by atoms with Gasteiger partial charge in [-0.25, -0.2) is 4.79 Å². The van der Waals surface area contributed by atoms with Crippen LogP contribution in [-0.4, -0.2) is 13.1 Å². The van der Waals surface area contributed by atoms with Crippen LogP contribution in [0.15, 0.2) is 18.2 Å². The molecule has 0 spiro atoms. The van der Waals surface area contributed by atoms with Crippen molar-refractivity contribution in [2.75, 3.05) is 12.8 Å². The number of rotatable bonds is 3. The summed E-state index contributed by atoms with van der Waals surface area (Å²) in [5.74, 6) is -0.126. The molecule has 0 aliphatic heterocycles. The highest BCUT2D eigenvalue weighted by Crippen LogP contribution is 2.44. The second kappa shape index (κ2) is 6.36. The van der Waals surface area contributed by atoms with Gasteiger partial charge in [0.15, 0.2) is 0 Å². The summed E-state index contributed by atoms with van der Waals surface area (Å²) in [6.45, 7) is 6.26. The molecule has 0 bridgehead atoms. The molecular weight excluding hydrogens is 397 g/mol. The molecular formula is C16H18INO2S. The Morgan fingerprint density at radius 3 is 2.62 bits per heavy atom. The average Bonchev–Trinajstić information content (AvgIpc) is 2.78. The molecule has 0 atom stereocenters. The minimum atomic E-state index is -0.367. The van der Waals surface area contributed by atoms with E-state index in [-0.39, 0.29) is 11.9 Å². The fourth-order valence-corrected chi connectivity index (χ4v) is 4.44. The monoisotopic (exact) mass is 415 g/mol. The third kappa shape index (κ3) is 2.94. The predicted molar refractivity (Wildman–Crippen MR) is 97.0 cm³/mol. The van der Waals surface area contributed by atoms with Crippen molar-refractivity contribution >= 4 is 45.6 Å². The summed E-state index contributed by atoms with van der Waals surface area (Å²) in [7, 11) is 1.38. The molecule has 2 rings (SSSR count). The van der Waals surface area contributed by atoms with Crippen LogP contribution in [0.2, 0.25) is 0 Å². The molecule has 0 aliphatic rings. The number of halogens is 1.